The van der Waals surface area contributed by atoms with Crippen LogP contribution in [0.15, 0.2) is 128 Å². The largest absolute Gasteiger partial charge is 0.338 e. The summed E-state index contributed by atoms with van der Waals surface area (Å²) in [6.45, 7) is 11.2. The second kappa shape index (κ2) is 19.4. The maximum Gasteiger partial charge on any atom is 0.253 e. The molecule has 354 valence electrons. The lowest BCUT2D eigenvalue weighted by Crippen LogP contribution is -2.56. The van der Waals surface area contributed by atoms with Crippen LogP contribution in [0.4, 0.5) is 0 Å². The summed E-state index contributed by atoms with van der Waals surface area (Å²) < 4.78 is 3.50. The first-order valence-corrected chi connectivity index (χ1v) is 24.4. The van der Waals surface area contributed by atoms with Crippen molar-refractivity contribution in [1.29, 1.82) is 10.5 Å². The van der Waals surface area contributed by atoms with Crippen molar-refractivity contribution in [2.75, 3.05) is 79.0 Å². The van der Waals surface area contributed by atoms with Gasteiger partial charge in [0.25, 0.3) is 11.8 Å². The van der Waals surface area contributed by atoms with Crippen LogP contribution < -0.4 is 0 Å². The first kappa shape index (κ1) is 45.4. The first-order valence-electron chi connectivity index (χ1n) is 24.4. The molecule has 3 aliphatic rings. The van der Waals surface area contributed by atoms with Gasteiger partial charge in [-0.2, -0.15) is 20.7 Å². The van der Waals surface area contributed by atoms with Gasteiger partial charge in [-0.3, -0.25) is 14.5 Å². The van der Waals surface area contributed by atoms with E-state index in [9.17, 15) is 20.1 Å². The Morgan fingerprint density at radius 3 is 1.72 bits per heavy atom. The maximum absolute atomic E-state index is 14.5. The van der Waals surface area contributed by atoms with Gasteiger partial charge in [0.1, 0.15) is 0 Å². The van der Waals surface area contributed by atoms with Crippen LogP contribution in [0.25, 0.3) is 56.1 Å². The highest BCUT2D eigenvalue weighted by Crippen LogP contribution is 2.38. The zero-order chi connectivity index (χ0) is 48.6. The molecule has 2 amide bonds. The maximum atomic E-state index is 14.5. The molecule has 0 saturated carbocycles. The van der Waals surface area contributed by atoms with Gasteiger partial charge in [0, 0.05) is 123 Å². The molecule has 15 heteroatoms. The number of rotatable bonds is 9. The molecule has 4 aromatic carbocycles. The summed E-state index contributed by atoms with van der Waals surface area (Å²) in [5.74, 6) is -0.138. The smallest absolute Gasteiger partial charge is 0.253 e. The number of hydrogen-bond acceptors (Lipinski definition) is 11. The minimum Gasteiger partial charge on any atom is -0.338 e. The molecule has 3 aliphatic heterocycles. The Hall–Kier alpha value is -8.08. The lowest BCUT2D eigenvalue weighted by molar-refractivity contribution is 0.0427. The molecule has 0 radical (unpaired) electrons. The fourth-order valence-electron chi connectivity index (χ4n) is 10.5. The van der Waals surface area contributed by atoms with Crippen molar-refractivity contribution in [2.45, 2.75) is 25.3 Å². The number of carbonyl (C=O) groups excluding carboxylic acids is 2. The van der Waals surface area contributed by atoms with Crippen LogP contribution in [-0.4, -0.2) is 151 Å². The van der Waals surface area contributed by atoms with E-state index < -0.39 is 0 Å². The number of nitrogens with zero attached hydrogens (tertiary/aromatic N) is 13. The number of aromatic nitrogens is 6. The van der Waals surface area contributed by atoms with E-state index >= 15 is 0 Å². The Morgan fingerprint density at radius 1 is 0.606 bits per heavy atom. The number of fused-ring (bicyclic) bond motifs is 2. The highest BCUT2D eigenvalue weighted by molar-refractivity contribution is 5.95. The fraction of sp³-hybridized carbons (Fsp3) is 0.286. The summed E-state index contributed by atoms with van der Waals surface area (Å²) in [5, 5.41) is 29.1. The minimum absolute atomic E-state index is 0.0514. The molecule has 0 bridgehead atoms. The monoisotopic (exact) mass is 939 g/mol. The second-order valence-corrected chi connectivity index (χ2v) is 18.8. The van der Waals surface area contributed by atoms with Gasteiger partial charge in [0.05, 0.1) is 47.0 Å². The number of likely N-dealkylation sites (tertiary alicyclic amines) is 1. The first-order chi connectivity index (χ1) is 34.7. The third-order valence-corrected chi connectivity index (χ3v) is 14.8. The van der Waals surface area contributed by atoms with Crippen LogP contribution in [0.3, 0.4) is 0 Å². The van der Waals surface area contributed by atoms with Crippen molar-refractivity contribution in [3.63, 3.8) is 0 Å². The van der Waals surface area contributed by atoms with E-state index in [-0.39, 0.29) is 23.8 Å². The highest BCUT2D eigenvalue weighted by Gasteiger charge is 2.38. The number of carbonyl (C=O) groups is 2. The molecule has 3 saturated heterocycles. The molecular formula is C56H53N13O2. The van der Waals surface area contributed by atoms with Crippen LogP contribution in [0.2, 0.25) is 0 Å². The van der Waals surface area contributed by atoms with Crippen LogP contribution >= 0.6 is 0 Å². The zero-order valence-electron chi connectivity index (χ0n) is 39.9. The van der Waals surface area contributed by atoms with Crippen LogP contribution in [0, 0.1) is 22.7 Å². The van der Waals surface area contributed by atoms with Gasteiger partial charge in [0.15, 0.2) is 11.3 Å². The number of benzene rings is 4. The second-order valence-electron chi connectivity index (χ2n) is 18.8. The average molecular weight is 940 g/mol. The summed E-state index contributed by atoms with van der Waals surface area (Å²) in [4.78, 5) is 49.2. The van der Waals surface area contributed by atoms with E-state index in [1.165, 1.54) is 0 Å². The number of piperazine rings is 2. The molecule has 3 fully saturated rings. The Kier molecular flexibility index (Phi) is 12.4. The Morgan fingerprint density at radius 2 is 1.15 bits per heavy atom. The van der Waals surface area contributed by atoms with Gasteiger partial charge >= 0.3 is 0 Å². The molecule has 2 atom stereocenters. The van der Waals surface area contributed by atoms with E-state index in [0.29, 0.717) is 46.6 Å². The normalized spacial score (nSPS) is 18.1. The molecule has 0 N–H and O–H groups in total. The van der Waals surface area contributed by atoms with Crippen LogP contribution in [0.1, 0.15) is 56.7 Å². The molecule has 0 spiro atoms. The molecule has 0 aliphatic carbocycles. The molecule has 8 aromatic rings. The summed E-state index contributed by atoms with van der Waals surface area (Å²) in [6, 6.07) is 37.4. The van der Waals surface area contributed by atoms with E-state index in [1.54, 1.807) is 27.4 Å². The van der Waals surface area contributed by atoms with E-state index in [1.807, 2.05) is 113 Å². The zero-order valence-corrected chi connectivity index (χ0v) is 39.9. The van der Waals surface area contributed by atoms with Crippen LogP contribution in [-0.2, 0) is 0 Å². The molecule has 2 unspecified atom stereocenters. The third-order valence-electron chi connectivity index (χ3n) is 14.8. The molecule has 7 heterocycles. The van der Waals surface area contributed by atoms with Gasteiger partial charge in [0.2, 0.25) is 0 Å². The Labute approximate surface area is 412 Å². The predicted molar refractivity (Wildman–Crippen MR) is 271 cm³/mol. The van der Waals surface area contributed by atoms with Gasteiger partial charge in [-0.05, 0) is 97.4 Å². The van der Waals surface area contributed by atoms with Gasteiger partial charge in [-0.1, -0.05) is 49.4 Å². The van der Waals surface area contributed by atoms with Crippen LogP contribution in [0.5, 0.6) is 0 Å². The predicted octanol–water partition coefficient (Wildman–Crippen LogP) is 7.21. The molecule has 71 heavy (non-hydrogen) atoms. The molecule has 15 nitrogen and oxygen atoms in total. The summed E-state index contributed by atoms with van der Waals surface area (Å²) in [6.07, 6.45) is 8.16. The SMILES string of the molecule is CCN1CCN(C(=O)c2ccc(-c3ccn4ncc(-c5ccc(C#N)c(C6CN(C(=O)c7ccc(-c8ccn9ncc(-c%10ccc(C#N)cc%10)c9n8)cc7)CCC6N6CCN(C)CC6)c5)c4n3)cc2)CC1. The number of nitriles is 2. The number of hydrogen-bond donors (Lipinski definition) is 0. The van der Waals surface area contributed by atoms with Crippen molar-refractivity contribution in [3.8, 4) is 56.9 Å². The number of piperidine rings is 1. The lowest BCUT2D eigenvalue weighted by atomic mass is 9.81. The van der Waals surface area contributed by atoms with Gasteiger partial charge in [-0.25, -0.2) is 19.0 Å². The van der Waals surface area contributed by atoms with E-state index in [4.69, 9.17) is 15.1 Å². The quantitative estimate of drug-likeness (QED) is 0.144. The van der Waals surface area contributed by atoms with Crippen molar-refractivity contribution in [3.05, 3.63) is 156 Å². The van der Waals surface area contributed by atoms with Crippen molar-refractivity contribution in [2.24, 2.45) is 0 Å². The standard InChI is InChI=1S/C56H53N13O2/c1-3-64-26-30-66(31-27-64)55(70)42-12-8-40(9-13-42)51-19-23-69-54(62-51)48(36-60-69)44-16-17-45(34-58)46(32-44)49-37-67(21-20-52(49)65-28-24-63(2)25-29-65)56(71)43-14-10-41(11-15-43)50-18-22-68-53(61-50)47(35-59-68)39-6-4-38(33-57)5-7-39/h4-19,22-23,32,35-36,49,52H,3,20-21,24-31,37H2,1-2H3. The van der Waals surface area contributed by atoms with Crippen molar-refractivity contribution < 1.29 is 9.59 Å². The Balaban J connectivity index is 0.860. The molecular weight excluding hydrogens is 887 g/mol. The van der Waals surface area contributed by atoms with Gasteiger partial charge < -0.3 is 19.6 Å². The topological polar surface area (TPSA) is 158 Å². The fourth-order valence-corrected chi connectivity index (χ4v) is 10.5. The summed E-state index contributed by atoms with van der Waals surface area (Å²) >= 11 is 0. The summed E-state index contributed by atoms with van der Waals surface area (Å²) in [7, 11) is 2.15. The number of likely N-dealkylation sites (N-methyl/N-ethyl adjacent to an activating group) is 2. The van der Waals surface area contributed by atoms with Gasteiger partial charge in [-0.15, -0.1) is 0 Å². The number of amides is 2. The lowest BCUT2D eigenvalue weighted by Gasteiger charge is -2.46. The van der Waals surface area contributed by atoms with E-state index in [2.05, 4.69) is 52.0 Å². The third kappa shape index (κ3) is 8.91. The Bertz CT molecular complexity index is 3350. The van der Waals surface area contributed by atoms with Crippen molar-refractivity contribution >= 4 is 23.1 Å². The molecule has 4 aromatic heterocycles. The highest BCUT2D eigenvalue weighted by atomic mass is 16.2. The summed E-state index contributed by atoms with van der Waals surface area (Å²) in [5.41, 5.74) is 11.5. The minimum atomic E-state index is -0.135. The molecule has 11 rings (SSSR count). The average Bonchev–Trinajstić information content (AvgIpc) is 4.07. The van der Waals surface area contributed by atoms with E-state index in [0.717, 1.165) is 116 Å². The van der Waals surface area contributed by atoms with Crippen molar-refractivity contribution in [1.82, 2.24) is 53.7 Å².